The molecule has 2 aliphatic rings. The van der Waals surface area contributed by atoms with Gasteiger partial charge in [-0.25, -0.2) is 0 Å². The Bertz CT molecular complexity index is 278. The van der Waals surface area contributed by atoms with Crippen molar-refractivity contribution in [1.29, 1.82) is 0 Å². The Morgan fingerprint density at radius 1 is 1.21 bits per heavy atom. The number of carbonyl (C=O) groups is 1. The van der Waals surface area contributed by atoms with Crippen molar-refractivity contribution in [2.45, 2.75) is 77.3 Å². The molecule has 1 N–H and O–H groups in total. The molecule has 1 unspecified atom stereocenters. The van der Waals surface area contributed by atoms with Crippen LogP contribution in [0.25, 0.3) is 0 Å². The van der Waals surface area contributed by atoms with E-state index in [4.69, 9.17) is 0 Å². The molecule has 1 aliphatic heterocycles. The summed E-state index contributed by atoms with van der Waals surface area (Å²) < 4.78 is 0. The zero-order valence-corrected chi connectivity index (χ0v) is 12.7. The zero-order valence-electron chi connectivity index (χ0n) is 12.7. The van der Waals surface area contributed by atoms with Crippen molar-refractivity contribution in [1.82, 2.24) is 10.2 Å². The van der Waals surface area contributed by atoms with Crippen molar-refractivity contribution in [2.75, 3.05) is 13.1 Å². The molecule has 1 atom stereocenters. The van der Waals surface area contributed by atoms with Gasteiger partial charge >= 0.3 is 0 Å². The van der Waals surface area contributed by atoms with Gasteiger partial charge in [0.2, 0.25) is 5.91 Å². The van der Waals surface area contributed by atoms with Crippen LogP contribution in [0, 0.1) is 5.92 Å². The smallest absolute Gasteiger partial charge is 0.222 e. The maximum atomic E-state index is 12.5. The quantitative estimate of drug-likeness (QED) is 0.801. The van der Waals surface area contributed by atoms with Crippen LogP contribution in [0.5, 0.6) is 0 Å². The number of hydrogen-bond donors (Lipinski definition) is 1. The van der Waals surface area contributed by atoms with E-state index in [0.717, 1.165) is 25.9 Å². The SMILES string of the molecule is CC(C)CN(C(=O)CCC1CCCN1)C1CCCC1. The lowest BCUT2D eigenvalue weighted by Crippen LogP contribution is -2.41. The highest BCUT2D eigenvalue weighted by atomic mass is 16.2. The molecule has 1 saturated carbocycles. The van der Waals surface area contributed by atoms with Gasteiger partial charge in [-0.05, 0) is 44.6 Å². The number of nitrogens with zero attached hydrogens (tertiary/aromatic N) is 1. The van der Waals surface area contributed by atoms with Crippen molar-refractivity contribution < 1.29 is 4.79 Å². The minimum atomic E-state index is 0.397. The van der Waals surface area contributed by atoms with Gasteiger partial charge in [0.1, 0.15) is 0 Å². The molecular formula is C16H30N2O. The third-order valence-corrected chi connectivity index (χ3v) is 4.52. The fourth-order valence-electron chi connectivity index (χ4n) is 3.51. The number of hydrogen-bond acceptors (Lipinski definition) is 2. The normalized spacial score (nSPS) is 24.3. The molecule has 0 radical (unpaired) electrons. The Hall–Kier alpha value is -0.570. The van der Waals surface area contributed by atoms with Gasteiger partial charge in [-0.1, -0.05) is 26.7 Å². The number of carbonyl (C=O) groups excluding carboxylic acids is 1. The molecule has 19 heavy (non-hydrogen) atoms. The van der Waals surface area contributed by atoms with Crippen LogP contribution < -0.4 is 5.32 Å². The lowest BCUT2D eigenvalue weighted by molar-refractivity contribution is -0.134. The van der Waals surface area contributed by atoms with Gasteiger partial charge in [0.15, 0.2) is 0 Å². The lowest BCUT2D eigenvalue weighted by atomic mass is 10.1. The number of amides is 1. The molecule has 1 amide bonds. The fraction of sp³-hybridized carbons (Fsp3) is 0.938. The summed E-state index contributed by atoms with van der Waals surface area (Å²) in [7, 11) is 0. The zero-order chi connectivity index (χ0) is 13.7. The topological polar surface area (TPSA) is 32.3 Å². The van der Waals surface area contributed by atoms with Crippen LogP contribution >= 0.6 is 0 Å². The minimum Gasteiger partial charge on any atom is -0.339 e. The Morgan fingerprint density at radius 2 is 1.95 bits per heavy atom. The van der Waals surface area contributed by atoms with Gasteiger partial charge in [-0.3, -0.25) is 4.79 Å². The van der Waals surface area contributed by atoms with Gasteiger partial charge in [-0.15, -0.1) is 0 Å². The van der Waals surface area contributed by atoms with Gasteiger partial charge in [0, 0.05) is 25.0 Å². The van der Waals surface area contributed by atoms with E-state index in [1.165, 1.54) is 38.5 Å². The lowest BCUT2D eigenvalue weighted by Gasteiger charge is -2.31. The van der Waals surface area contributed by atoms with Crippen LogP contribution in [0.1, 0.15) is 65.2 Å². The summed E-state index contributed by atoms with van der Waals surface area (Å²) in [6, 6.07) is 1.12. The molecule has 0 bridgehead atoms. The highest BCUT2D eigenvalue weighted by Gasteiger charge is 2.27. The summed E-state index contributed by atoms with van der Waals surface area (Å²) in [5, 5.41) is 3.49. The summed E-state index contributed by atoms with van der Waals surface area (Å²) in [4.78, 5) is 14.7. The van der Waals surface area contributed by atoms with Crippen LogP contribution in [-0.2, 0) is 4.79 Å². The molecule has 3 nitrogen and oxygen atoms in total. The molecule has 1 heterocycles. The second-order valence-electron chi connectivity index (χ2n) is 6.71. The predicted octanol–water partition coefficient (Wildman–Crippen LogP) is 2.95. The van der Waals surface area contributed by atoms with E-state index in [9.17, 15) is 4.79 Å². The molecule has 0 spiro atoms. The molecule has 2 fully saturated rings. The van der Waals surface area contributed by atoms with Crippen molar-refractivity contribution >= 4 is 5.91 Å². The molecule has 0 aromatic heterocycles. The monoisotopic (exact) mass is 266 g/mol. The maximum absolute atomic E-state index is 12.5. The molecule has 2 rings (SSSR count). The molecular weight excluding hydrogens is 236 g/mol. The fourth-order valence-corrected chi connectivity index (χ4v) is 3.51. The summed E-state index contributed by atoms with van der Waals surface area (Å²) >= 11 is 0. The van der Waals surface area contributed by atoms with Gasteiger partial charge in [0.05, 0.1) is 0 Å². The molecule has 110 valence electrons. The van der Waals surface area contributed by atoms with Gasteiger partial charge < -0.3 is 10.2 Å². The Labute approximate surface area is 118 Å². The maximum Gasteiger partial charge on any atom is 0.222 e. The van der Waals surface area contributed by atoms with Gasteiger partial charge in [0.25, 0.3) is 0 Å². The van der Waals surface area contributed by atoms with Crippen LogP contribution in [0.15, 0.2) is 0 Å². The molecule has 3 heteroatoms. The second kappa shape index (κ2) is 7.28. The average Bonchev–Trinajstić information content (AvgIpc) is 3.05. The van der Waals surface area contributed by atoms with E-state index < -0.39 is 0 Å². The van der Waals surface area contributed by atoms with E-state index in [2.05, 4.69) is 24.1 Å². The second-order valence-corrected chi connectivity index (χ2v) is 6.71. The van der Waals surface area contributed by atoms with E-state index in [1.807, 2.05) is 0 Å². The minimum absolute atomic E-state index is 0.397. The molecule has 1 aliphatic carbocycles. The standard InChI is InChI=1S/C16H30N2O/c1-13(2)12-18(15-7-3-4-8-15)16(19)10-9-14-6-5-11-17-14/h13-15,17H,3-12H2,1-2H3. The average molecular weight is 266 g/mol. The van der Waals surface area contributed by atoms with Crippen molar-refractivity contribution in [2.24, 2.45) is 5.92 Å². The van der Waals surface area contributed by atoms with Crippen molar-refractivity contribution in [3.63, 3.8) is 0 Å². The Morgan fingerprint density at radius 3 is 2.53 bits per heavy atom. The molecule has 1 saturated heterocycles. The van der Waals surface area contributed by atoms with Crippen LogP contribution in [-0.4, -0.2) is 36.0 Å². The number of nitrogens with one attached hydrogen (secondary N) is 1. The van der Waals surface area contributed by atoms with E-state index in [-0.39, 0.29) is 0 Å². The third-order valence-electron chi connectivity index (χ3n) is 4.52. The van der Waals surface area contributed by atoms with Crippen LogP contribution in [0.2, 0.25) is 0 Å². The summed E-state index contributed by atoms with van der Waals surface area (Å²) in [6.45, 7) is 6.51. The predicted molar refractivity (Wildman–Crippen MR) is 79.1 cm³/mol. The molecule has 0 aromatic carbocycles. The largest absolute Gasteiger partial charge is 0.339 e. The first-order valence-electron chi connectivity index (χ1n) is 8.19. The highest BCUT2D eigenvalue weighted by Crippen LogP contribution is 2.25. The first kappa shape index (κ1) is 14.8. The van der Waals surface area contributed by atoms with E-state index in [0.29, 0.717) is 23.9 Å². The molecule has 0 aromatic rings. The van der Waals surface area contributed by atoms with E-state index >= 15 is 0 Å². The van der Waals surface area contributed by atoms with Crippen molar-refractivity contribution in [3.05, 3.63) is 0 Å². The Balaban J connectivity index is 1.83. The highest BCUT2D eigenvalue weighted by molar-refractivity contribution is 5.76. The van der Waals surface area contributed by atoms with Gasteiger partial charge in [-0.2, -0.15) is 0 Å². The van der Waals surface area contributed by atoms with Crippen LogP contribution in [0.3, 0.4) is 0 Å². The van der Waals surface area contributed by atoms with Crippen molar-refractivity contribution in [3.8, 4) is 0 Å². The third kappa shape index (κ3) is 4.48. The summed E-state index contributed by atoms with van der Waals surface area (Å²) in [5.74, 6) is 0.975. The summed E-state index contributed by atoms with van der Waals surface area (Å²) in [6.07, 6.45) is 9.34. The van der Waals surface area contributed by atoms with Crippen LogP contribution in [0.4, 0.5) is 0 Å². The summed E-state index contributed by atoms with van der Waals surface area (Å²) in [5.41, 5.74) is 0. The Kier molecular flexibility index (Phi) is 5.68. The number of rotatable bonds is 6. The first-order valence-corrected chi connectivity index (χ1v) is 8.19. The van der Waals surface area contributed by atoms with E-state index in [1.54, 1.807) is 0 Å². The first-order chi connectivity index (χ1) is 9.16.